The van der Waals surface area contributed by atoms with E-state index in [1.54, 1.807) is 0 Å². The molecule has 1 aliphatic rings. The van der Waals surface area contributed by atoms with E-state index < -0.39 is 0 Å². The molecule has 0 radical (unpaired) electrons. The number of amides is 1. The minimum atomic E-state index is 0.0192. The molecule has 0 spiro atoms. The second-order valence-corrected chi connectivity index (χ2v) is 7.02. The first-order valence-corrected chi connectivity index (χ1v) is 8.37. The Balaban J connectivity index is 1.77. The number of thiophene rings is 1. The highest BCUT2D eigenvalue weighted by atomic mass is 35.5. The van der Waals surface area contributed by atoms with Crippen LogP contribution >= 0.6 is 22.9 Å². The molecule has 0 unspecified atom stereocenters. The van der Waals surface area contributed by atoms with E-state index in [9.17, 15) is 4.79 Å². The number of benzene rings is 1. The van der Waals surface area contributed by atoms with E-state index in [1.165, 1.54) is 11.3 Å². The second-order valence-electron chi connectivity index (χ2n) is 5.55. The summed E-state index contributed by atoms with van der Waals surface area (Å²) < 4.78 is 1.87. The van der Waals surface area contributed by atoms with Gasteiger partial charge in [-0.05, 0) is 50.1 Å². The lowest BCUT2D eigenvalue weighted by Crippen LogP contribution is -2.24. The van der Waals surface area contributed by atoms with Crippen molar-refractivity contribution in [3.63, 3.8) is 0 Å². The number of nitrogens with one attached hydrogen (secondary N) is 1. The Bertz CT molecular complexity index is 862. The number of hydrogen-bond donors (Lipinski definition) is 1. The smallest absolute Gasteiger partial charge is 0.261 e. The molecule has 0 bridgehead atoms. The van der Waals surface area contributed by atoms with Gasteiger partial charge < -0.3 is 5.32 Å². The topological polar surface area (TPSA) is 46.9 Å². The van der Waals surface area contributed by atoms with E-state index in [4.69, 9.17) is 11.6 Å². The summed E-state index contributed by atoms with van der Waals surface area (Å²) in [5.74, 6) is 0.0192. The molecule has 2 aromatic heterocycles. The molecule has 0 aliphatic heterocycles. The Kier molecular flexibility index (Phi) is 3.20. The van der Waals surface area contributed by atoms with Crippen molar-refractivity contribution in [2.75, 3.05) is 0 Å². The molecule has 112 valence electrons. The summed E-state index contributed by atoms with van der Waals surface area (Å²) in [6.45, 7) is 1.96. The Morgan fingerprint density at radius 1 is 1.36 bits per heavy atom. The molecule has 4 nitrogen and oxygen atoms in total. The van der Waals surface area contributed by atoms with Crippen LogP contribution in [0.25, 0.3) is 15.9 Å². The summed E-state index contributed by atoms with van der Waals surface area (Å²) in [6.07, 6.45) is 2.18. The van der Waals surface area contributed by atoms with Gasteiger partial charge in [-0.25, -0.2) is 4.68 Å². The maximum atomic E-state index is 12.2. The zero-order valence-electron chi connectivity index (χ0n) is 12.0. The van der Waals surface area contributed by atoms with Crippen LogP contribution < -0.4 is 5.32 Å². The Hall–Kier alpha value is -1.85. The Morgan fingerprint density at radius 3 is 2.77 bits per heavy atom. The first kappa shape index (κ1) is 13.8. The zero-order chi connectivity index (χ0) is 15.3. The highest BCUT2D eigenvalue weighted by Gasteiger charge is 2.25. The van der Waals surface area contributed by atoms with Crippen LogP contribution in [0.15, 0.2) is 30.3 Å². The lowest BCUT2D eigenvalue weighted by Gasteiger charge is -2.02. The standard InChI is InChI=1S/C16H14ClN3OS/c1-9-13-8-14(15(21)18-11-4-5-11)22-16(13)20(19-9)12-6-2-10(17)3-7-12/h2-3,6-8,11H,4-5H2,1H3,(H,18,21). The van der Waals surface area contributed by atoms with Crippen LogP contribution in [0.2, 0.25) is 5.02 Å². The van der Waals surface area contributed by atoms with Crippen molar-refractivity contribution in [2.45, 2.75) is 25.8 Å². The van der Waals surface area contributed by atoms with Gasteiger partial charge in [0.25, 0.3) is 5.91 Å². The van der Waals surface area contributed by atoms with Crippen LogP contribution in [0.5, 0.6) is 0 Å². The van der Waals surface area contributed by atoms with E-state index in [2.05, 4.69) is 10.4 Å². The largest absolute Gasteiger partial charge is 0.349 e. The Labute approximate surface area is 136 Å². The van der Waals surface area contributed by atoms with Crippen LogP contribution in [0, 0.1) is 6.92 Å². The summed E-state index contributed by atoms with van der Waals surface area (Å²) >= 11 is 7.42. The van der Waals surface area contributed by atoms with E-state index in [-0.39, 0.29) is 5.91 Å². The number of halogens is 1. The van der Waals surface area contributed by atoms with Crippen LogP contribution in [0.3, 0.4) is 0 Å². The van der Waals surface area contributed by atoms with Crippen LogP contribution in [0.1, 0.15) is 28.2 Å². The summed E-state index contributed by atoms with van der Waals surface area (Å²) in [5, 5.41) is 9.33. The van der Waals surface area contributed by atoms with Crippen molar-refractivity contribution in [1.82, 2.24) is 15.1 Å². The number of aryl methyl sites for hydroxylation is 1. The van der Waals surface area contributed by atoms with Crippen molar-refractivity contribution in [3.8, 4) is 5.69 Å². The molecular weight excluding hydrogens is 318 g/mol. The summed E-state index contributed by atoms with van der Waals surface area (Å²) in [7, 11) is 0. The molecule has 1 saturated carbocycles. The first-order chi connectivity index (χ1) is 10.6. The van der Waals surface area contributed by atoms with Gasteiger partial charge in [-0.2, -0.15) is 5.10 Å². The molecule has 0 saturated heterocycles. The van der Waals surface area contributed by atoms with Gasteiger partial charge in [0.2, 0.25) is 0 Å². The van der Waals surface area contributed by atoms with Gasteiger partial charge in [0.15, 0.2) is 0 Å². The number of aromatic nitrogens is 2. The Morgan fingerprint density at radius 2 is 2.09 bits per heavy atom. The molecule has 3 aromatic rings. The minimum Gasteiger partial charge on any atom is -0.349 e. The third-order valence-electron chi connectivity index (χ3n) is 3.75. The van der Waals surface area contributed by atoms with Crippen molar-refractivity contribution < 1.29 is 4.79 Å². The molecule has 4 rings (SSSR count). The van der Waals surface area contributed by atoms with Gasteiger partial charge in [-0.3, -0.25) is 4.79 Å². The molecule has 1 amide bonds. The van der Waals surface area contributed by atoms with Gasteiger partial charge >= 0.3 is 0 Å². The highest BCUT2D eigenvalue weighted by Crippen LogP contribution is 2.31. The molecule has 1 aromatic carbocycles. The summed E-state index contributed by atoms with van der Waals surface area (Å²) in [6, 6.07) is 9.84. The van der Waals surface area contributed by atoms with E-state index in [1.807, 2.05) is 41.9 Å². The number of carbonyl (C=O) groups is 1. The van der Waals surface area contributed by atoms with Crippen LogP contribution in [-0.4, -0.2) is 21.7 Å². The fourth-order valence-corrected chi connectivity index (χ4v) is 3.61. The minimum absolute atomic E-state index is 0.0192. The lowest BCUT2D eigenvalue weighted by atomic mass is 10.3. The number of fused-ring (bicyclic) bond motifs is 1. The predicted octanol–water partition coefficient (Wildman–Crippen LogP) is 3.94. The molecule has 1 N–H and O–H groups in total. The third kappa shape index (κ3) is 2.40. The number of nitrogens with zero attached hydrogens (tertiary/aromatic N) is 2. The number of carbonyl (C=O) groups excluding carboxylic acids is 1. The van der Waals surface area contributed by atoms with Crippen molar-refractivity contribution >= 4 is 39.1 Å². The molecule has 6 heteroatoms. The average Bonchev–Trinajstić information content (AvgIpc) is 3.11. The molecule has 22 heavy (non-hydrogen) atoms. The highest BCUT2D eigenvalue weighted by molar-refractivity contribution is 7.20. The van der Waals surface area contributed by atoms with E-state index in [0.29, 0.717) is 11.1 Å². The molecule has 1 aliphatic carbocycles. The van der Waals surface area contributed by atoms with Gasteiger partial charge in [-0.15, -0.1) is 11.3 Å². The van der Waals surface area contributed by atoms with Crippen LogP contribution in [0.4, 0.5) is 0 Å². The van der Waals surface area contributed by atoms with E-state index in [0.717, 1.165) is 39.3 Å². The molecular formula is C16H14ClN3OS. The summed E-state index contributed by atoms with van der Waals surface area (Å²) in [5.41, 5.74) is 1.87. The number of rotatable bonds is 3. The fourth-order valence-electron chi connectivity index (χ4n) is 2.40. The van der Waals surface area contributed by atoms with Crippen molar-refractivity contribution in [1.29, 1.82) is 0 Å². The van der Waals surface area contributed by atoms with Gasteiger partial charge in [0.1, 0.15) is 4.83 Å². The van der Waals surface area contributed by atoms with Crippen molar-refractivity contribution in [2.24, 2.45) is 0 Å². The average molecular weight is 332 g/mol. The zero-order valence-corrected chi connectivity index (χ0v) is 13.5. The lowest BCUT2D eigenvalue weighted by molar-refractivity contribution is 0.0955. The second kappa shape index (κ2) is 5.11. The number of hydrogen-bond acceptors (Lipinski definition) is 3. The SMILES string of the molecule is Cc1nn(-c2ccc(Cl)cc2)c2sc(C(=O)NC3CC3)cc12. The van der Waals surface area contributed by atoms with E-state index >= 15 is 0 Å². The maximum Gasteiger partial charge on any atom is 0.261 e. The maximum absolute atomic E-state index is 12.2. The first-order valence-electron chi connectivity index (χ1n) is 7.18. The van der Waals surface area contributed by atoms with Gasteiger partial charge in [-0.1, -0.05) is 11.6 Å². The third-order valence-corrected chi connectivity index (χ3v) is 5.11. The molecule has 0 atom stereocenters. The molecule has 1 fully saturated rings. The van der Waals surface area contributed by atoms with Crippen molar-refractivity contribution in [3.05, 3.63) is 45.9 Å². The normalized spacial score (nSPS) is 14.5. The molecule has 2 heterocycles. The van der Waals surface area contributed by atoms with Gasteiger partial charge in [0, 0.05) is 16.5 Å². The quantitative estimate of drug-likeness (QED) is 0.790. The predicted molar refractivity (Wildman–Crippen MR) is 89.2 cm³/mol. The summed E-state index contributed by atoms with van der Waals surface area (Å²) in [4.78, 5) is 13.9. The fraction of sp³-hybridized carbons (Fsp3) is 0.250. The monoisotopic (exact) mass is 331 g/mol. The van der Waals surface area contributed by atoms with Crippen LogP contribution in [-0.2, 0) is 0 Å². The van der Waals surface area contributed by atoms with Gasteiger partial charge in [0.05, 0.1) is 16.3 Å².